The van der Waals surface area contributed by atoms with Crippen molar-refractivity contribution in [2.45, 2.75) is 38.8 Å². The Morgan fingerprint density at radius 3 is 2.60 bits per heavy atom. The van der Waals surface area contributed by atoms with E-state index in [0.29, 0.717) is 6.04 Å². The van der Waals surface area contributed by atoms with Gasteiger partial charge in [0.1, 0.15) is 0 Å². The van der Waals surface area contributed by atoms with E-state index in [1.165, 1.54) is 5.69 Å². The molecule has 1 aromatic carbocycles. The monoisotopic (exact) mass is 339 g/mol. The van der Waals surface area contributed by atoms with Crippen molar-refractivity contribution in [3.8, 4) is 0 Å². The molecule has 0 aromatic heterocycles. The van der Waals surface area contributed by atoms with Crippen molar-refractivity contribution < 1.29 is 4.79 Å². The van der Waals surface area contributed by atoms with E-state index in [4.69, 9.17) is 5.73 Å². The number of nitrogens with zero attached hydrogens (tertiary/aromatic N) is 1. The van der Waals surface area contributed by atoms with Crippen LogP contribution in [-0.2, 0) is 4.79 Å². The SMILES string of the molecule is CC(=O)NC1CCN(c2ccc(C(C)N)c(Br)c2)CC1. The van der Waals surface area contributed by atoms with Gasteiger partial charge in [0.2, 0.25) is 5.91 Å². The van der Waals surface area contributed by atoms with Crippen LogP contribution in [0.5, 0.6) is 0 Å². The number of piperidine rings is 1. The third kappa shape index (κ3) is 3.73. The average molecular weight is 340 g/mol. The zero-order chi connectivity index (χ0) is 14.7. The lowest BCUT2D eigenvalue weighted by atomic mass is 10.0. The highest BCUT2D eigenvalue weighted by molar-refractivity contribution is 9.10. The maximum absolute atomic E-state index is 11.1. The fraction of sp³-hybridized carbons (Fsp3) is 0.533. The zero-order valence-corrected chi connectivity index (χ0v) is 13.6. The summed E-state index contributed by atoms with van der Waals surface area (Å²) in [5, 5.41) is 3.00. The number of rotatable bonds is 3. The van der Waals surface area contributed by atoms with E-state index in [1.54, 1.807) is 6.92 Å². The Kier molecular flexibility index (Phi) is 5.05. The van der Waals surface area contributed by atoms with Crippen LogP contribution in [0.2, 0.25) is 0 Å². The summed E-state index contributed by atoms with van der Waals surface area (Å²) in [6.45, 7) is 5.50. The van der Waals surface area contributed by atoms with Gasteiger partial charge in [-0.2, -0.15) is 0 Å². The summed E-state index contributed by atoms with van der Waals surface area (Å²) in [5.74, 6) is 0.0625. The third-order valence-corrected chi connectivity index (χ3v) is 4.43. The molecule has 0 spiro atoms. The van der Waals surface area contributed by atoms with Crippen LogP contribution in [0.15, 0.2) is 22.7 Å². The second-order valence-electron chi connectivity index (χ2n) is 5.46. The quantitative estimate of drug-likeness (QED) is 0.889. The summed E-state index contributed by atoms with van der Waals surface area (Å²) < 4.78 is 1.06. The average Bonchev–Trinajstić information content (AvgIpc) is 2.38. The Morgan fingerprint density at radius 1 is 1.45 bits per heavy atom. The molecule has 1 aliphatic heterocycles. The molecule has 2 rings (SSSR count). The minimum atomic E-state index is 0.0314. The van der Waals surface area contributed by atoms with E-state index in [-0.39, 0.29) is 11.9 Å². The molecular formula is C15H22BrN3O. The maximum atomic E-state index is 11.1. The normalized spacial score (nSPS) is 17.9. The molecule has 20 heavy (non-hydrogen) atoms. The molecule has 1 fully saturated rings. The van der Waals surface area contributed by atoms with E-state index in [0.717, 1.165) is 36.0 Å². The number of carbonyl (C=O) groups excluding carboxylic acids is 1. The topological polar surface area (TPSA) is 58.4 Å². The predicted octanol–water partition coefficient (Wildman–Crippen LogP) is 2.57. The van der Waals surface area contributed by atoms with Crippen LogP contribution in [0, 0.1) is 0 Å². The molecule has 5 heteroatoms. The van der Waals surface area contributed by atoms with Gasteiger partial charge < -0.3 is 16.0 Å². The van der Waals surface area contributed by atoms with Crippen molar-refractivity contribution in [3.63, 3.8) is 0 Å². The van der Waals surface area contributed by atoms with Crippen molar-refractivity contribution in [2.24, 2.45) is 5.73 Å². The van der Waals surface area contributed by atoms with Crippen LogP contribution in [0.1, 0.15) is 38.3 Å². The Hall–Kier alpha value is -1.07. The van der Waals surface area contributed by atoms with E-state index in [9.17, 15) is 4.79 Å². The molecule has 0 aliphatic carbocycles. The number of halogens is 1. The highest BCUT2D eigenvalue weighted by Gasteiger charge is 2.20. The minimum absolute atomic E-state index is 0.0314. The van der Waals surface area contributed by atoms with Crippen molar-refractivity contribution in [2.75, 3.05) is 18.0 Å². The van der Waals surface area contributed by atoms with Crippen LogP contribution >= 0.6 is 15.9 Å². The lowest BCUT2D eigenvalue weighted by Gasteiger charge is -2.34. The van der Waals surface area contributed by atoms with Gasteiger partial charge in [0.25, 0.3) is 0 Å². The Labute approximate surface area is 128 Å². The molecule has 3 N–H and O–H groups in total. The molecule has 1 aliphatic rings. The number of hydrogen-bond donors (Lipinski definition) is 2. The Morgan fingerprint density at radius 2 is 2.10 bits per heavy atom. The van der Waals surface area contributed by atoms with Gasteiger partial charge in [0, 0.05) is 42.3 Å². The van der Waals surface area contributed by atoms with Gasteiger partial charge in [-0.3, -0.25) is 4.79 Å². The Balaban J connectivity index is 2.00. The highest BCUT2D eigenvalue weighted by atomic mass is 79.9. The van der Waals surface area contributed by atoms with Crippen LogP contribution < -0.4 is 16.0 Å². The van der Waals surface area contributed by atoms with Crippen LogP contribution in [-0.4, -0.2) is 25.0 Å². The lowest BCUT2D eigenvalue weighted by molar-refractivity contribution is -0.119. The molecule has 1 aromatic rings. The molecule has 0 radical (unpaired) electrons. The van der Waals surface area contributed by atoms with Crippen molar-refractivity contribution in [1.82, 2.24) is 5.32 Å². The lowest BCUT2D eigenvalue weighted by Crippen LogP contribution is -2.44. The van der Waals surface area contributed by atoms with Crippen molar-refractivity contribution >= 4 is 27.5 Å². The molecule has 1 atom stereocenters. The number of nitrogens with one attached hydrogen (secondary N) is 1. The molecule has 1 amide bonds. The first-order valence-corrected chi connectivity index (χ1v) is 7.83. The third-order valence-electron chi connectivity index (χ3n) is 3.74. The maximum Gasteiger partial charge on any atom is 0.217 e. The second kappa shape index (κ2) is 6.59. The fourth-order valence-electron chi connectivity index (χ4n) is 2.65. The largest absolute Gasteiger partial charge is 0.371 e. The molecule has 1 heterocycles. The number of amides is 1. The Bertz CT molecular complexity index is 482. The highest BCUT2D eigenvalue weighted by Crippen LogP contribution is 2.28. The standard InChI is InChI=1S/C15H22BrN3O/c1-10(17)14-4-3-13(9-15(14)16)19-7-5-12(6-8-19)18-11(2)20/h3-4,9-10,12H,5-8,17H2,1-2H3,(H,18,20). The zero-order valence-electron chi connectivity index (χ0n) is 12.0. The predicted molar refractivity (Wildman–Crippen MR) is 85.8 cm³/mol. The van der Waals surface area contributed by atoms with Crippen LogP contribution in [0.25, 0.3) is 0 Å². The summed E-state index contributed by atoms with van der Waals surface area (Å²) in [6.07, 6.45) is 1.98. The van der Waals surface area contributed by atoms with E-state index in [1.807, 2.05) is 6.92 Å². The summed E-state index contributed by atoms with van der Waals surface area (Å²) in [5.41, 5.74) is 8.26. The first-order chi connectivity index (χ1) is 9.47. The summed E-state index contributed by atoms with van der Waals surface area (Å²) in [4.78, 5) is 13.4. The van der Waals surface area contributed by atoms with Gasteiger partial charge in [0.15, 0.2) is 0 Å². The molecule has 0 saturated carbocycles. The molecule has 110 valence electrons. The fourth-order valence-corrected chi connectivity index (χ4v) is 3.38. The van der Waals surface area contributed by atoms with Gasteiger partial charge in [-0.1, -0.05) is 22.0 Å². The van der Waals surface area contributed by atoms with Gasteiger partial charge >= 0.3 is 0 Å². The summed E-state index contributed by atoms with van der Waals surface area (Å²) in [6, 6.07) is 6.70. The van der Waals surface area contributed by atoms with Crippen molar-refractivity contribution in [1.29, 1.82) is 0 Å². The molecule has 1 saturated heterocycles. The smallest absolute Gasteiger partial charge is 0.217 e. The summed E-state index contributed by atoms with van der Waals surface area (Å²) in [7, 11) is 0. The van der Waals surface area contributed by atoms with E-state index < -0.39 is 0 Å². The number of anilines is 1. The number of hydrogen-bond acceptors (Lipinski definition) is 3. The number of benzene rings is 1. The first-order valence-electron chi connectivity index (χ1n) is 7.04. The van der Waals surface area contributed by atoms with E-state index in [2.05, 4.69) is 44.3 Å². The van der Waals surface area contributed by atoms with Gasteiger partial charge in [0.05, 0.1) is 0 Å². The van der Waals surface area contributed by atoms with Crippen molar-refractivity contribution in [3.05, 3.63) is 28.2 Å². The second-order valence-corrected chi connectivity index (χ2v) is 6.31. The van der Waals surface area contributed by atoms with Crippen LogP contribution in [0.4, 0.5) is 5.69 Å². The molecule has 0 bridgehead atoms. The minimum Gasteiger partial charge on any atom is -0.371 e. The van der Waals surface area contributed by atoms with Gasteiger partial charge in [-0.15, -0.1) is 0 Å². The van der Waals surface area contributed by atoms with E-state index >= 15 is 0 Å². The van der Waals surface area contributed by atoms with Gasteiger partial charge in [-0.25, -0.2) is 0 Å². The molecule has 4 nitrogen and oxygen atoms in total. The van der Waals surface area contributed by atoms with Crippen LogP contribution in [0.3, 0.4) is 0 Å². The molecule has 1 unspecified atom stereocenters. The first kappa shape index (κ1) is 15.3. The summed E-state index contributed by atoms with van der Waals surface area (Å²) >= 11 is 3.60. The number of carbonyl (C=O) groups is 1. The molecular weight excluding hydrogens is 318 g/mol. The van der Waals surface area contributed by atoms with Gasteiger partial charge in [-0.05, 0) is 37.5 Å². The number of nitrogens with two attached hydrogens (primary N) is 1.